The van der Waals surface area contributed by atoms with E-state index in [1.807, 2.05) is 36.4 Å². The summed E-state index contributed by atoms with van der Waals surface area (Å²) in [6, 6.07) is 12.0. The van der Waals surface area contributed by atoms with E-state index >= 15 is 0 Å². The number of hydrogen-bond donors (Lipinski definition) is 1. The summed E-state index contributed by atoms with van der Waals surface area (Å²) in [6.07, 6.45) is 3.17. The summed E-state index contributed by atoms with van der Waals surface area (Å²) in [5, 5.41) is 13.7. The molecule has 116 valence electrons. The van der Waals surface area contributed by atoms with E-state index in [4.69, 9.17) is 4.74 Å². The molecule has 0 radical (unpaired) electrons. The fourth-order valence-corrected chi connectivity index (χ4v) is 6.32. The lowest BCUT2D eigenvalue weighted by Gasteiger charge is -2.37. The van der Waals surface area contributed by atoms with Gasteiger partial charge in [-0.2, -0.15) is 0 Å². The Morgan fingerprint density at radius 1 is 1.09 bits per heavy atom. The molecule has 0 saturated carbocycles. The summed E-state index contributed by atoms with van der Waals surface area (Å²) in [7, 11) is 0.903. The summed E-state index contributed by atoms with van der Waals surface area (Å²) in [4.78, 5) is 0. The van der Waals surface area contributed by atoms with E-state index in [1.165, 1.54) is 0 Å². The third kappa shape index (κ3) is 2.01. The minimum absolute atomic E-state index is 0.143. The van der Waals surface area contributed by atoms with Crippen molar-refractivity contribution in [3.05, 3.63) is 42.0 Å². The summed E-state index contributed by atoms with van der Waals surface area (Å²) < 4.78 is 17.7. The van der Waals surface area contributed by atoms with Crippen molar-refractivity contribution in [1.82, 2.24) is 0 Å². The largest absolute Gasteiger partial charge is 0.496 e. The molecule has 2 unspecified atom stereocenters. The van der Waals surface area contributed by atoms with Gasteiger partial charge in [0.1, 0.15) is 5.75 Å². The van der Waals surface area contributed by atoms with E-state index in [-0.39, 0.29) is 10.5 Å². The monoisotopic (exact) mass is 316 g/mol. The number of benzene rings is 2. The van der Waals surface area contributed by atoms with Gasteiger partial charge < -0.3 is 9.84 Å². The van der Waals surface area contributed by atoms with Gasteiger partial charge in [-0.25, -0.2) is 0 Å². The second-order valence-electron chi connectivity index (χ2n) is 6.45. The second kappa shape index (κ2) is 5.07. The molecule has 3 nitrogen and oxygen atoms in total. The lowest BCUT2D eigenvalue weighted by Crippen LogP contribution is -2.40. The van der Waals surface area contributed by atoms with Gasteiger partial charge in [-0.15, -0.1) is 0 Å². The highest BCUT2D eigenvalue weighted by Gasteiger charge is 2.48. The molecule has 2 aromatic rings. The Morgan fingerprint density at radius 2 is 1.73 bits per heavy atom. The van der Waals surface area contributed by atoms with Gasteiger partial charge in [0.15, 0.2) is 0 Å². The van der Waals surface area contributed by atoms with Crippen LogP contribution in [0.3, 0.4) is 0 Å². The third-order valence-electron chi connectivity index (χ3n) is 5.20. The van der Waals surface area contributed by atoms with Crippen molar-refractivity contribution in [1.29, 1.82) is 0 Å². The molecule has 2 bridgehead atoms. The van der Waals surface area contributed by atoms with Crippen LogP contribution in [0.4, 0.5) is 0 Å². The second-order valence-corrected chi connectivity index (χ2v) is 8.44. The molecule has 4 heteroatoms. The molecule has 2 fully saturated rings. The van der Waals surface area contributed by atoms with Crippen molar-refractivity contribution < 1.29 is 14.1 Å². The molecule has 4 rings (SSSR count). The van der Waals surface area contributed by atoms with Crippen molar-refractivity contribution >= 4 is 21.6 Å². The van der Waals surface area contributed by atoms with Gasteiger partial charge in [0.2, 0.25) is 0 Å². The van der Waals surface area contributed by atoms with Gasteiger partial charge in [0.05, 0.1) is 12.7 Å². The van der Waals surface area contributed by atoms with Crippen LogP contribution in [-0.2, 0) is 16.4 Å². The lowest BCUT2D eigenvalue weighted by molar-refractivity contribution is 0.0199. The van der Waals surface area contributed by atoms with Gasteiger partial charge in [-0.05, 0) is 42.7 Å². The van der Waals surface area contributed by atoms with E-state index in [0.29, 0.717) is 12.8 Å². The highest BCUT2D eigenvalue weighted by molar-refractivity contribution is 7.86. The molecule has 2 atom stereocenters. The molecule has 22 heavy (non-hydrogen) atoms. The number of ether oxygens (including phenoxy) is 1. The molecule has 0 aliphatic carbocycles. The van der Waals surface area contributed by atoms with Gasteiger partial charge in [0, 0.05) is 26.7 Å². The van der Waals surface area contributed by atoms with Gasteiger partial charge in [0.25, 0.3) is 0 Å². The quantitative estimate of drug-likeness (QED) is 0.926. The van der Waals surface area contributed by atoms with E-state index in [0.717, 1.165) is 34.9 Å². The molecule has 2 saturated heterocycles. The first-order chi connectivity index (χ1) is 10.6. The number of rotatable bonds is 2. The van der Waals surface area contributed by atoms with Crippen LogP contribution in [0.1, 0.15) is 31.2 Å². The smallest absolute Gasteiger partial charge is 0.126 e. The van der Waals surface area contributed by atoms with Crippen LogP contribution in [0.25, 0.3) is 10.8 Å². The summed E-state index contributed by atoms with van der Waals surface area (Å²) >= 11 is 0. The molecule has 0 amide bonds. The Morgan fingerprint density at radius 3 is 2.36 bits per heavy atom. The van der Waals surface area contributed by atoms with E-state index < -0.39 is 16.4 Å². The number of hydrogen-bond acceptors (Lipinski definition) is 3. The van der Waals surface area contributed by atoms with Crippen molar-refractivity contribution in [2.24, 2.45) is 0 Å². The van der Waals surface area contributed by atoms with Gasteiger partial charge >= 0.3 is 0 Å². The van der Waals surface area contributed by atoms with Crippen molar-refractivity contribution in [2.45, 2.75) is 41.8 Å². The average molecular weight is 316 g/mol. The van der Waals surface area contributed by atoms with Crippen LogP contribution in [0.15, 0.2) is 36.4 Å². The molecular weight excluding hydrogens is 296 g/mol. The fourth-order valence-electron chi connectivity index (χ4n) is 4.16. The van der Waals surface area contributed by atoms with E-state index in [2.05, 4.69) is 0 Å². The Hall–Kier alpha value is -1.39. The summed E-state index contributed by atoms with van der Waals surface area (Å²) in [5.74, 6) is 0.824. The SMILES string of the molecule is COc1ccc(C2(O)CC3CCC(C2)S3=O)c2ccccc12. The van der Waals surface area contributed by atoms with Crippen molar-refractivity contribution in [3.63, 3.8) is 0 Å². The van der Waals surface area contributed by atoms with Crippen molar-refractivity contribution in [3.8, 4) is 5.75 Å². The lowest BCUT2D eigenvalue weighted by atomic mass is 9.83. The third-order valence-corrected chi connectivity index (χ3v) is 7.32. The van der Waals surface area contributed by atoms with Gasteiger partial charge in [-0.1, -0.05) is 30.3 Å². The normalized spacial score (nSPS) is 34.0. The van der Waals surface area contributed by atoms with Crippen LogP contribution < -0.4 is 4.74 Å². The maximum absolute atomic E-state index is 12.3. The molecule has 2 heterocycles. The molecule has 1 N–H and O–H groups in total. The predicted octanol–water partition coefficient (Wildman–Crippen LogP) is 3.11. The van der Waals surface area contributed by atoms with Crippen LogP contribution in [-0.4, -0.2) is 26.9 Å². The topological polar surface area (TPSA) is 46.5 Å². The average Bonchev–Trinajstić information content (AvgIpc) is 2.76. The number of fused-ring (bicyclic) bond motifs is 3. The zero-order valence-corrected chi connectivity index (χ0v) is 13.4. The molecule has 0 aromatic heterocycles. The van der Waals surface area contributed by atoms with Crippen LogP contribution in [0.5, 0.6) is 5.75 Å². The highest BCUT2D eigenvalue weighted by Crippen LogP contribution is 2.48. The van der Waals surface area contributed by atoms with Gasteiger partial charge in [-0.3, -0.25) is 4.21 Å². The van der Waals surface area contributed by atoms with E-state index in [1.54, 1.807) is 7.11 Å². The first-order valence-electron chi connectivity index (χ1n) is 7.80. The van der Waals surface area contributed by atoms with Crippen LogP contribution >= 0.6 is 0 Å². The maximum atomic E-state index is 12.3. The van der Waals surface area contributed by atoms with E-state index in [9.17, 15) is 9.32 Å². The summed E-state index contributed by atoms with van der Waals surface area (Å²) in [6.45, 7) is 0. The Balaban J connectivity index is 1.86. The molecule has 2 aromatic carbocycles. The molecular formula is C18H20O3S. The predicted molar refractivity (Wildman–Crippen MR) is 88.6 cm³/mol. The minimum Gasteiger partial charge on any atom is -0.496 e. The molecule has 2 aliphatic heterocycles. The van der Waals surface area contributed by atoms with Crippen molar-refractivity contribution in [2.75, 3.05) is 7.11 Å². The van der Waals surface area contributed by atoms with Crippen LogP contribution in [0, 0.1) is 0 Å². The Labute approximate surface area is 132 Å². The highest BCUT2D eigenvalue weighted by atomic mass is 32.2. The minimum atomic E-state index is -0.869. The maximum Gasteiger partial charge on any atom is 0.126 e. The van der Waals surface area contributed by atoms with Crippen LogP contribution in [0.2, 0.25) is 0 Å². The molecule has 0 spiro atoms. The molecule has 2 aliphatic rings. The Bertz CT molecular complexity index is 739. The fraction of sp³-hybridized carbons (Fsp3) is 0.444. The first-order valence-corrected chi connectivity index (χ1v) is 9.08. The number of aliphatic hydroxyl groups is 1. The zero-order valence-electron chi connectivity index (χ0n) is 12.6. The first kappa shape index (κ1) is 14.2. The Kier molecular flexibility index (Phi) is 3.27. The number of methoxy groups -OCH3 is 1. The zero-order chi connectivity index (χ0) is 15.3. The summed E-state index contributed by atoms with van der Waals surface area (Å²) in [5.41, 5.74) is 0.0866. The standard InChI is InChI=1S/C18H20O3S/c1-21-17-9-8-16(14-4-2-3-5-15(14)17)18(19)10-12-6-7-13(11-18)22(12)20/h2-5,8-9,12-13,19H,6-7,10-11H2,1H3.